The summed E-state index contributed by atoms with van der Waals surface area (Å²) in [5, 5.41) is 6.22. The molecule has 1 aromatic rings. The highest BCUT2D eigenvalue weighted by molar-refractivity contribution is 5.79. The second kappa shape index (κ2) is 14.0. The second-order valence-corrected chi connectivity index (χ2v) is 5.37. The molecule has 0 radical (unpaired) electrons. The van der Waals surface area contributed by atoms with E-state index in [1.54, 1.807) is 39.3 Å². The molecule has 0 fully saturated rings. The lowest BCUT2D eigenvalue weighted by atomic mass is 10.2. The highest BCUT2D eigenvalue weighted by Crippen LogP contribution is 2.32. The first-order valence-electron chi connectivity index (χ1n) is 8.83. The van der Waals surface area contributed by atoms with Gasteiger partial charge in [0, 0.05) is 39.4 Å². The van der Waals surface area contributed by atoms with E-state index in [9.17, 15) is 8.78 Å². The highest BCUT2D eigenvalue weighted by Gasteiger charge is 2.15. The summed E-state index contributed by atoms with van der Waals surface area (Å²) in [5.41, 5.74) is 0.548. The molecule has 1 aromatic carbocycles. The van der Waals surface area contributed by atoms with Crippen molar-refractivity contribution in [3.63, 3.8) is 0 Å². The number of rotatable bonds is 13. The first kappa shape index (κ1) is 22.9. The van der Waals surface area contributed by atoms with Gasteiger partial charge in [0.05, 0.1) is 19.8 Å². The number of nitrogens with zero attached hydrogens (tertiary/aromatic N) is 1. The van der Waals surface area contributed by atoms with Gasteiger partial charge in [-0.05, 0) is 19.4 Å². The topological polar surface area (TPSA) is 73.3 Å². The number of para-hydroxylation sites is 1. The molecular formula is C18H29F2N3O4. The van der Waals surface area contributed by atoms with Gasteiger partial charge in [0.15, 0.2) is 17.5 Å². The molecule has 0 heterocycles. The van der Waals surface area contributed by atoms with E-state index < -0.39 is 6.61 Å². The lowest BCUT2D eigenvalue weighted by Gasteiger charge is -2.17. The molecule has 0 aliphatic heterocycles. The third-order valence-corrected chi connectivity index (χ3v) is 3.43. The normalized spacial score (nSPS) is 11.6. The molecule has 0 spiro atoms. The van der Waals surface area contributed by atoms with Gasteiger partial charge in [0.1, 0.15) is 0 Å². The Labute approximate surface area is 159 Å². The van der Waals surface area contributed by atoms with Crippen molar-refractivity contribution in [2.75, 3.05) is 47.1 Å². The van der Waals surface area contributed by atoms with E-state index >= 15 is 0 Å². The minimum absolute atomic E-state index is 0.0313. The molecule has 0 bridgehead atoms. The Balaban J connectivity index is 2.53. The SMILES string of the molecule is CCOc1cccc(CNC(=NC)NCCCOCCOC)c1OC(F)F. The van der Waals surface area contributed by atoms with Gasteiger partial charge in [-0.1, -0.05) is 12.1 Å². The van der Waals surface area contributed by atoms with Crippen LogP contribution in [0.1, 0.15) is 18.9 Å². The highest BCUT2D eigenvalue weighted by atomic mass is 19.3. The molecule has 0 atom stereocenters. The Morgan fingerprint density at radius 1 is 1.19 bits per heavy atom. The summed E-state index contributed by atoms with van der Waals surface area (Å²) in [4.78, 5) is 4.11. The van der Waals surface area contributed by atoms with Crippen LogP contribution in [0.5, 0.6) is 11.5 Å². The maximum absolute atomic E-state index is 12.7. The number of hydrogen-bond acceptors (Lipinski definition) is 5. The minimum atomic E-state index is -2.93. The summed E-state index contributed by atoms with van der Waals surface area (Å²) in [7, 11) is 3.26. The number of guanidine groups is 1. The molecule has 7 nitrogen and oxygen atoms in total. The quantitative estimate of drug-likeness (QED) is 0.307. The van der Waals surface area contributed by atoms with Gasteiger partial charge in [-0.2, -0.15) is 8.78 Å². The number of benzene rings is 1. The number of alkyl halides is 2. The monoisotopic (exact) mass is 389 g/mol. The van der Waals surface area contributed by atoms with E-state index in [2.05, 4.69) is 20.4 Å². The number of methoxy groups -OCH3 is 1. The zero-order valence-electron chi connectivity index (χ0n) is 16.1. The van der Waals surface area contributed by atoms with Crippen molar-refractivity contribution in [3.8, 4) is 11.5 Å². The van der Waals surface area contributed by atoms with Crippen LogP contribution in [0.25, 0.3) is 0 Å². The number of nitrogens with one attached hydrogen (secondary N) is 2. The van der Waals surface area contributed by atoms with Crippen LogP contribution in [0.3, 0.4) is 0 Å². The van der Waals surface area contributed by atoms with Gasteiger partial charge in [0.25, 0.3) is 0 Å². The summed E-state index contributed by atoms with van der Waals surface area (Å²) in [5.74, 6) is 0.869. The van der Waals surface area contributed by atoms with Gasteiger partial charge >= 0.3 is 6.61 Å². The van der Waals surface area contributed by atoms with Crippen LogP contribution in [0.4, 0.5) is 8.78 Å². The van der Waals surface area contributed by atoms with Crippen LogP contribution < -0.4 is 20.1 Å². The Kier molecular flexibility index (Phi) is 11.9. The van der Waals surface area contributed by atoms with Crippen molar-refractivity contribution in [1.82, 2.24) is 10.6 Å². The summed E-state index contributed by atoms with van der Waals surface area (Å²) >= 11 is 0. The van der Waals surface area contributed by atoms with Gasteiger partial charge in [-0.15, -0.1) is 0 Å². The average Bonchev–Trinajstić information content (AvgIpc) is 2.65. The first-order chi connectivity index (χ1) is 13.1. The van der Waals surface area contributed by atoms with E-state index in [1.807, 2.05) is 0 Å². The standard InChI is InChI=1S/C18H29F2N3O4/c1-4-26-15-8-5-7-14(16(15)27-17(19)20)13-23-18(21-2)22-9-6-10-25-12-11-24-3/h5,7-8,17H,4,6,9-13H2,1-3H3,(H2,21,22,23). The summed E-state index contributed by atoms with van der Waals surface area (Å²) < 4.78 is 45.8. The molecule has 9 heteroatoms. The summed E-state index contributed by atoms with van der Waals surface area (Å²) in [6.45, 7) is 1.86. The maximum atomic E-state index is 12.7. The Bertz CT molecular complexity index is 559. The van der Waals surface area contributed by atoms with E-state index in [1.165, 1.54) is 0 Å². The number of hydrogen-bond donors (Lipinski definition) is 2. The van der Waals surface area contributed by atoms with Gasteiger partial charge < -0.3 is 29.6 Å². The molecule has 0 saturated heterocycles. The molecule has 0 aliphatic rings. The van der Waals surface area contributed by atoms with Crippen LogP contribution >= 0.6 is 0 Å². The fraction of sp³-hybridized carbons (Fsp3) is 0.611. The van der Waals surface area contributed by atoms with E-state index in [0.29, 0.717) is 44.5 Å². The Morgan fingerprint density at radius 2 is 2.00 bits per heavy atom. The molecule has 0 saturated carbocycles. The summed E-state index contributed by atoms with van der Waals surface area (Å²) in [6.07, 6.45) is 0.796. The molecule has 154 valence electrons. The second-order valence-electron chi connectivity index (χ2n) is 5.37. The van der Waals surface area contributed by atoms with E-state index in [4.69, 9.17) is 14.2 Å². The van der Waals surface area contributed by atoms with Gasteiger partial charge in [-0.25, -0.2) is 0 Å². The number of halogens is 2. The first-order valence-corrected chi connectivity index (χ1v) is 8.83. The third kappa shape index (κ3) is 9.39. The Morgan fingerprint density at radius 3 is 2.67 bits per heavy atom. The van der Waals surface area contributed by atoms with Crippen molar-refractivity contribution < 1.29 is 27.7 Å². The van der Waals surface area contributed by atoms with Gasteiger partial charge in [0.2, 0.25) is 0 Å². The molecule has 0 unspecified atom stereocenters. The van der Waals surface area contributed by atoms with E-state index in [0.717, 1.165) is 6.42 Å². The lowest BCUT2D eigenvalue weighted by molar-refractivity contribution is -0.0520. The smallest absolute Gasteiger partial charge is 0.387 e. The van der Waals surface area contributed by atoms with Crippen LogP contribution in [-0.2, 0) is 16.0 Å². The van der Waals surface area contributed by atoms with Crippen LogP contribution in [0, 0.1) is 0 Å². The van der Waals surface area contributed by atoms with Crippen LogP contribution in [0.15, 0.2) is 23.2 Å². The van der Waals surface area contributed by atoms with E-state index in [-0.39, 0.29) is 18.0 Å². The zero-order valence-corrected chi connectivity index (χ0v) is 16.1. The molecule has 0 amide bonds. The summed E-state index contributed by atoms with van der Waals surface area (Å²) in [6, 6.07) is 5.03. The zero-order chi connectivity index (χ0) is 19.9. The lowest BCUT2D eigenvalue weighted by Crippen LogP contribution is -2.37. The predicted octanol–water partition coefficient (Wildman–Crippen LogP) is 2.40. The molecule has 1 rings (SSSR count). The molecular weight excluding hydrogens is 360 g/mol. The van der Waals surface area contributed by atoms with Crippen molar-refractivity contribution in [1.29, 1.82) is 0 Å². The fourth-order valence-electron chi connectivity index (χ4n) is 2.22. The van der Waals surface area contributed by atoms with Crippen molar-refractivity contribution >= 4 is 5.96 Å². The van der Waals surface area contributed by atoms with Gasteiger partial charge in [-0.3, -0.25) is 4.99 Å². The number of aliphatic imine (C=N–C) groups is 1. The minimum Gasteiger partial charge on any atom is -0.490 e. The van der Waals surface area contributed by atoms with Crippen LogP contribution in [0.2, 0.25) is 0 Å². The van der Waals surface area contributed by atoms with Crippen LogP contribution in [-0.4, -0.2) is 59.7 Å². The molecule has 27 heavy (non-hydrogen) atoms. The van der Waals surface area contributed by atoms with Crippen molar-refractivity contribution in [3.05, 3.63) is 23.8 Å². The average molecular weight is 389 g/mol. The van der Waals surface area contributed by atoms with Crippen molar-refractivity contribution in [2.45, 2.75) is 26.5 Å². The predicted molar refractivity (Wildman–Crippen MR) is 99.8 cm³/mol. The molecule has 0 aliphatic carbocycles. The largest absolute Gasteiger partial charge is 0.490 e. The molecule has 2 N–H and O–H groups in total. The molecule has 0 aromatic heterocycles. The third-order valence-electron chi connectivity index (χ3n) is 3.43. The number of ether oxygens (including phenoxy) is 4. The fourth-order valence-corrected chi connectivity index (χ4v) is 2.22. The Hall–Kier alpha value is -2.13. The maximum Gasteiger partial charge on any atom is 0.387 e. The van der Waals surface area contributed by atoms with Crippen molar-refractivity contribution in [2.24, 2.45) is 4.99 Å².